The van der Waals surface area contributed by atoms with Crippen LogP contribution in [-0.2, 0) is 0 Å². The molecule has 0 amide bonds. The first-order chi connectivity index (χ1) is 8.63. The van der Waals surface area contributed by atoms with E-state index < -0.39 is 0 Å². The van der Waals surface area contributed by atoms with Gasteiger partial charge in [0.1, 0.15) is 0 Å². The third-order valence-corrected chi connectivity index (χ3v) is 4.15. The second kappa shape index (κ2) is 4.30. The molecule has 0 bridgehead atoms. The summed E-state index contributed by atoms with van der Waals surface area (Å²) in [6.45, 7) is 4.72. The molecule has 2 unspecified atom stereocenters. The maximum atomic E-state index is 5.81. The van der Waals surface area contributed by atoms with Gasteiger partial charge in [-0.05, 0) is 49.3 Å². The van der Waals surface area contributed by atoms with Crippen molar-refractivity contribution >= 4 is 16.7 Å². The predicted molar refractivity (Wildman–Crippen MR) is 75.4 cm³/mol. The Morgan fingerprint density at radius 1 is 1.17 bits per heavy atom. The quantitative estimate of drug-likeness (QED) is 0.777. The molecule has 1 heterocycles. The monoisotopic (exact) mass is 243 g/mol. The van der Waals surface area contributed by atoms with Crippen molar-refractivity contribution in [1.29, 1.82) is 0 Å². The zero-order valence-electron chi connectivity index (χ0n) is 11.1. The molecule has 1 aromatic carbocycles. The van der Waals surface area contributed by atoms with Gasteiger partial charge in [-0.25, -0.2) is 4.98 Å². The lowest BCUT2D eigenvalue weighted by Gasteiger charge is -2.32. The van der Waals surface area contributed by atoms with Crippen molar-refractivity contribution in [3.63, 3.8) is 0 Å². The second-order valence-electron chi connectivity index (χ2n) is 5.97. The summed E-state index contributed by atoms with van der Waals surface area (Å²) in [7, 11) is 0. The van der Waals surface area contributed by atoms with Gasteiger partial charge in [0.25, 0.3) is 0 Å². The maximum absolute atomic E-state index is 5.81. The molecule has 1 aromatic heterocycles. The maximum Gasteiger partial charge on any atom is 0.0960 e. The molecule has 3 heteroatoms. The summed E-state index contributed by atoms with van der Waals surface area (Å²) < 4.78 is 2.35. The number of nitrogen functional groups attached to an aromatic ring is 1. The van der Waals surface area contributed by atoms with Crippen LogP contribution in [0, 0.1) is 11.8 Å². The molecule has 1 aliphatic rings. The van der Waals surface area contributed by atoms with Gasteiger partial charge in [0, 0.05) is 11.7 Å². The fourth-order valence-corrected chi connectivity index (χ4v) is 3.47. The Morgan fingerprint density at radius 3 is 2.61 bits per heavy atom. The zero-order valence-corrected chi connectivity index (χ0v) is 11.1. The number of imidazole rings is 1. The van der Waals surface area contributed by atoms with Crippen molar-refractivity contribution in [3.8, 4) is 0 Å². The van der Waals surface area contributed by atoms with Crippen molar-refractivity contribution in [2.24, 2.45) is 11.8 Å². The molecule has 0 radical (unpaired) electrons. The van der Waals surface area contributed by atoms with Gasteiger partial charge in [0.05, 0.1) is 17.4 Å². The van der Waals surface area contributed by atoms with E-state index in [-0.39, 0.29) is 0 Å². The van der Waals surface area contributed by atoms with Gasteiger partial charge >= 0.3 is 0 Å². The number of nitrogens with zero attached hydrogens (tertiary/aromatic N) is 2. The van der Waals surface area contributed by atoms with Crippen LogP contribution in [0.25, 0.3) is 11.0 Å². The summed E-state index contributed by atoms with van der Waals surface area (Å²) in [5.41, 5.74) is 8.83. The van der Waals surface area contributed by atoms with Crippen LogP contribution in [0.2, 0.25) is 0 Å². The molecule has 18 heavy (non-hydrogen) atoms. The topological polar surface area (TPSA) is 43.8 Å². The minimum Gasteiger partial charge on any atom is -0.399 e. The number of rotatable bonds is 1. The van der Waals surface area contributed by atoms with E-state index in [1.54, 1.807) is 0 Å². The van der Waals surface area contributed by atoms with E-state index in [0.717, 1.165) is 23.0 Å². The molecule has 1 fully saturated rings. The summed E-state index contributed by atoms with van der Waals surface area (Å²) in [6.07, 6.45) is 5.87. The van der Waals surface area contributed by atoms with Crippen LogP contribution in [0.15, 0.2) is 24.5 Å². The fraction of sp³-hybridized carbons (Fsp3) is 0.533. The van der Waals surface area contributed by atoms with Crippen LogP contribution in [0.5, 0.6) is 0 Å². The van der Waals surface area contributed by atoms with Gasteiger partial charge < -0.3 is 10.3 Å². The molecule has 0 spiro atoms. The summed E-state index contributed by atoms with van der Waals surface area (Å²) in [4.78, 5) is 4.49. The van der Waals surface area contributed by atoms with Crippen molar-refractivity contribution in [2.75, 3.05) is 5.73 Å². The number of hydrogen-bond donors (Lipinski definition) is 1. The molecule has 2 atom stereocenters. The Hall–Kier alpha value is -1.51. The predicted octanol–water partition coefficient (Wildman–Crippen LogP) is 3.62. The van der Waals surface area contributed by atoms with Crippen LogP contribution >= 0.6 is 0 Å². The number of nitrogens with two attached hydrogens (primary N) is 1. The van der Waals surface area contributed by atoms with E-state index in [4.69, 9.17) is 5.73 Å². The second-order valence-corrected chi connectivity index (χ2v) is 5.97. The fourth-order valence-electron chi connectivity index (χ4n) is 3.47. The van der Waals surface area contributed by atoms with Crippen LogP contribution in [0.4, 0.5) is 5.69 Å². The van der Waals surface area contributed by atoms with Crippen LogP contribution < -0.4 is 5.73 Å². The molecule has 2 aromatic rings. The summed E-state index contributed by atoms with van der Waals surface area (Å²) in [6, 6.07) is 6.62. The molecule has 1 saturated carbocycles. The van der Waals surface area contributed by atoms with Gasteiger partial charge in [-0.1, -0.05) is 13.8 Å². The van der Waals surface area contributed by atoms with Crippen LogP contribution in [0.1, 0.15) is 39.2 Å². The average Bonchev–Trinajstić information content (AvgIpc) is 2.70. The molecular weight excluding hydrogens is 222 g/mol. The molecule has 0 saturated heterocycles. The normalized spacial score (nSPS) is 28.7. The van der Waals surface area contributed by atoms with Gasteiger partial charge in [0.15, 0.2) is 0 Å². The Labute approximate surface area is 108 Å². The van der Waals surface area contributed by atoms with Crippen molar-refractivity contribution in [2.45, 2.75) is 39.2 Å². The van der Waals surface area contributed by atoms with E-state index in [9.17, 15) is 0 Å². The highest BCUT2D eigenvalue weighted by atomic mass is 15.1. The smallest absolute Gasteiger partial charge is 0.0960 e. The van der Waals surface area contributed by atoms with Crippen molar-refractivity contribution < 1.29 is 0 Å². The van der Waals surface area contributed by atoms with Crippen LogP contribution in [0.3, 0.4) is 0 Å². The zero-order chi connectivity index (χ0) is 12.7. The number of aromatic nitrogens is 2. The summed E-state index contributed by atoms with van der Waals surface area (Å²) >= 11 is 0. The van der Waals surface area contributed by atoms with E-state index >= 15 is 0 Å². The van der Waals surface area contributed by atoms with Gasteiger partial charge in [-0.2, -0.15) is 0 Å². The Morgan fingerprint density at radius 2 is 1.89 bits per heavy atom. The highest BCUT2D eigenvalue weighted by molar-refractivity contribution is 5.79. The van der Waals surface area contributed by atoms with E-state index in [0.29, 0.717) is 6.04 Å². The highest BCUT2D eigenvalue weighted by Crippen LogP contribution is 2.37. The number of anilines is 1. The van der Waals surface area contributed by atoms with Crippen molar-refractivity contribution in [1.82, 2.24) is 9.55 Å². The molecule has 0 aliphatic heterocycles. The lowest BCUT2D eigenvalue weighted by Crippen LogP contribution is -2.22. The molecule has 2 N–H and O–H groups in total. The first-order valence-electron chi connectivity index (χ1n) is 6.85. The lowest BCUT2D eigenvalue weighted by atomic mass is 9.80. The van der Waals surface area contributed by atoms with E-state index in [1.807, 2.05) is 18.5 Å². The number of hydrogen-bond acceptors (Lipinski definition) is 2. The number of fused-ring (bicyclic) bond motifs is 1. The summed E-state index contributed by atoms with van der Waals surface area (Å²) in [5, 5.41) is 0. The largest absolute Gasteiger partial charge is 0.399 e. The minimum atomic E-state index is 0.595. The minimum absolute atomic E-state index is 0.595. The van der Waals surface area contributed by atoms with E-state index in [1.165, 1.54) is 24.8 Å². The Bertz CT molecular complexity index is 548. The first-order valence-corrected chi connectivity index (χ1v) is 6.85. The molecule has 1 aliphatic carbocycles. The molecule has 96 valence electrons. The summed E-state index contributed by atoms with van der Waals surface area (Å²) in [5.74, 6) is 1.62. The van der Waals surface area contributed by atoms with Gasteiger partial charge in [-0.3, -0.25) is 0 Å². The lowest BCUT2D eigenvalue weighted by molar-refractivity contribution is 0.224. The Balaban J connectivity index is 1.98. The highest BCUT2D eigenvalue weighted by Gasteiger charge is 2.25. The average molecular weight is 243 g/mol. The third-order valence-electron chi connectivity index (χ3n) is 4.15. The molecular formula is C15H21N3. The standard InChI is InChI=1S/C15H21N3/c1-10-5-11(2)7-13(6-10)18-9-17-14-8-12(16)3-4-15(14)18/h3-4,8-11,13H,5-7,16H2,1-2H3. The Kier molecular flexibility index (Phi) is 2.77. The SMILES string of the molecule is CC1CC(C)CC(n2cnc3cc(N)ccc32)C1. The van der Waals surface area contributed by atoms with Gasteiger partial charge in [0.2, 0.25) is 0 Å². The number of benzene rings is 1. The molecule has 3 nitrogen and oxygen atoms in total. The molecule has 3 rings (SSSR count). The van der Waals surface area contributed by atoms with E-state index in [2.05, 4.69) is 29.5 Å². The third kappa shape index (κ3) is 1.98. The van der Waals surface area contributed by atoms with Crippen LogP contribution in [-0.4, -0.2) is 9.55 Å². The van der Waals surface area contributed by atoms with Crippen molar-refractivity contribution in [3.05, 3.63) is 24.5 Å². The first kappa shape index (κ1) is 11.6. The van der Waals surface area contributed by atoms with Gasteiger partial charge in [-0.15, -0.1) is 0 Å².